The number of benzene rings is 2. The highest BCUT2D eigenvalue weighted by atomic mass is 35.5. The van der Waals surface area contributed by atoms with Crippen LogP contribution >= 0.6 is 23.4 Å². The molecule has 3 heteroatoms. The Morgan fingerprint density at radius 2 is 1.81 bits per heavy atom. The van der Waals surface area contributed by atoms with Gasteiger partial charge in [-0.1, -0.05) is 29.8 Å². The fourth-order valence-electron chi connectivity index (χ4n) is 1.34. The first kappa shape index (κ1) is 11.4. The van der Waals surface area contributed by atoms with Crippen molar-refractivity contribution in [3.63, 3.8) is 0 Å². The summed E-state index contributed by atoms with van der Waals surface area (Å²) in [4.78, 5) is 1.18. The predicted octanol–water partition coefficient (Wildman–Crippen LogP) is 4.21. The SMILES string of the molecule is Nc1ccc(CSc2cccc(Cl)c2)cc1. The number of halogens is 1. The molecule has 82 valence electrons. The monoisotopic (exact) mass is 249 g/mol. The second-order valence-corrected chi connectivity index (χ2v) is 4.97. The molecule has 0 aromatic heterocycles. The summed E-state index contributed by atoms with van der Waals surface area (Å²) in [6, 6.07) is 15.8. The van der Waals surface area contributed by atoms with Gasteiger partial charge >= 0.3 is 0 Å². The van der Waals surface area contributed by atoms with Crippen LogP contribution < -0.4 is 5.73 Å². The molecule has 0 aliphatic heterocycles. The van der Waals surface area contributed by atoms with Crippen molar-refractivity contribution < 1.29 is 0 Å². The van der Waals surface area contributed by atoms with Crippen LogP contribution in [0.5, 0.6) is 0 Å². The van der Waals surface area contributed by atoms with Crippen molar-refractivity contribution in [1.29, 1.82) is 0 Å². The van der Waals surface area contributed by atoms with Gasteiger partial charge in [-0.15, -0.1) is 11.8 Å². The van der Waals surface area contributed by atoms with E-state index in [1.807, 2.05) is 42.5 Å². The van der Waals surface area contributed by atoms with Crippen molar-refractivity contribution in [3.8, 4) is 0 Å². The normalized spacial score (nSPS) is 10.3. The van der Waals surface area contributed by atoms with E-state index >= 15 is 0 Å². The smallest absolute Gasteiger partial charge is 0.0417 e. The van der Waals surface area contributed by atoms with E-state index in [4.69, 9.17) is 17.3 Å². The van der Waals surface area contributed by atoms with Gasteiger partial charge in [-0.3, -0.25) is 0 Å². The zero-order valence-electron chi connectivity index (χ0n) is 8.69. The fraction of sp³-hybridized carbons (Fsp3) is 0.0769. The summed E-state index contributed by atoms with van der Waals surface area (Å²) in [6.07, 6.45) is 0. The van der Waals surface area contributed by atoms with Crippen molar-refractivity contribution >= 4 is 29.1 Å². The van der Waals surface area contributed by atoms with Crippen LogP contribution in [0, 0.1) is 0 Å². The van der Waals surface area contributed by atoms with E-state index in [1.54, 1.807) is 11.8 Å². The predicted molar refractivity (Wildman–Crippen MR) is 71.9 cm³/mol. The molecule has 2 aromatic rings. The Labute approximate surface area is 105 Å². The lowest BCUT2D eigenvalue weighted by molar-refractivity contribution is 1.38. The zero-order valence-corrected chi connectivity index (χ0v) is 10.3. The van der Waals surface area contributed by atoms with E-state index in [-0.39, 0.29) is 0 Å². The molecular formula is C13H12ClNS. The third kappa shape index (κ3) is 3.19. The molecule has 2 rings (SSSR count). The first-order valence-electron chi connectivity index (χ1n) is 4.97. The molecule has 0 radical (unpaired) electrons. The maximum Gasteiger partial charge on any atom is 0.0417 e. The Morgan fingerprint density at radius 1 is 1.06 bits per heavy atom. The van der Waals surface area contributed by atoms with E-state index in [9.17, 15) is 0 Å². The Hall–Kier alpha value is -1.12. The van der Waals surface area contributed by atoms with Gasteiger partial charge in [0.05, 0.1) is 0 Å². The van der Waals surface area contributed by atoms with Crippen LogP contribution in [-0.2, 0) is 5.75 Å². The largest absolute Gasteiger partial charge is 0.399 e. The first-order valence-corrected chi connectivity index (χ1v) is 6.33. The third-order valence-electron chi connectivity index (χ3n) is 2.18. The summed E-state index contributed by atoms with van der Waals surface area (Å²) in [5, 5.41) is 0.780. The lowest BCUT2D eigenvalue weighted by atomic mass is 10.2. The van der Waals surface area contributed by atoms with Gasteiger partial charge in [0.2, 0.25) is 0 Å². The van der Waals surface area contributed by atoms with E-state index in [2.05, 4.69) is 6.07 Å². The molecule has 2 N–H and O–H groups in total. The van der Waals surface area contributed by atoms with Crippen LogP contribution in [0.3, 0.4) is 0 Å². The van der Waals surface area contributed by atoms with Crippen molar-refractivity contribution in [2.45, 2.75) is 10.6 Å². The number of anilines is 1. The molecule has 0 spiro atoms. The van der Waals surface area contributed by atoms with Crippen LogP contribution in [0.4, 0.5) is 5.69 Å². The molecule has 0 saturated carbocycles. The fourth-order valence-corrected chi connectivity index (χ4v) is 2.50. The van der Waals surface area contributed by atoms with E-state index in [0.717, 1.165) is 16.5 Å². The van der Waals surface area contributed by atoms with E-state index in [1.165, 1.54) is 10.5 Å². The molecule has 1 nitrogen and oxygen atoms in total. The standard InChI is InChI=1S/C13H12ClNS/c14-11-2-1-3-13(8-11)16-9-10-4-6-12(15)7-5-10/h1-8H,9,15H2. The van der Waals surface area contributed by atoms with Crippen molar-refractivity contribution in [2.75, 3.05) is 5.73 Å². The second-order valence-electron chi connectivity index (χ2n) is 3.49. The molecular weight excluding hydrogens is 238 g/mol. The van der Waals surface area contributed by atoms with Gasteiger partial charge < -0.3 is 5.73 Å². The molecule has 0 unspecified atom stereocenters. The van der Waals surface area contributed by atoms with Crippen LogP contribution in [-0.4, -0.2) is 0 Å². The zero-order chi connectivity index (χ0) is 11.4. The topological polar surface area (TPSA) is 26.0 Å². The molecule has 0 atom stereocenters. The van der Waals surface area contributed by atoms with Crippen molar-refractivity contribution in [3.05, 3.63) is 59.1 Å². The van der Waals surface area contributed by atoms with Gasteiger partial charge in [0.25, 0.3) is 0 Å². The minimum atomic E-state index is 0.780. The molecule has 0 aliphatic carbocycles. The lowest BCUT2D eigenvalue weighted by Crippen LogP contribution is -1.85. The summed E-state index contributed by atoms with van der Waals surface area (Å²) < 4.78 is 0. The average molecular weight is 250 g/mol. The summed E-state index contributed by atoms with van der Waals surface area (Å²) in [5.41, 5.74) is 7.70. The maximum absolute atomic E-state index is 5.92. The average Bonchev–Trinajstić information content (AvgIpc) is 2.28. The highest BCUT2D eigenvalue weighted by Crippen LogP contribution is 2.25. The van der Waals surface area contributed by atoms with E-state index < -0.39 is 0 Å². The Bertz CT molecular complexity index is 468. The lowest BCUT2D eigenvalue weighted by Gasteiger charge is -2.03. The highest BCUT2D eigenvalue weighted by molar-refractivity contribution is 7.98. The van der Waals surface area contributed by atoms with E-state index in [0.29, 0.717) is 0 Å². The first-order chi connectivity index (χ1) is 7.74. The number of rotatable bonds is 3. The van der Waals surface area contributed by atoms with Crippen LogP contribution in [0.15, 0.2) is 53.4 Å². The van der Waals surface area contributed by atoms with Crippen molar-refractivity contribution in [1.82, 2.24) is 0 Å². The second kappa shape index (κ2) is 5.28. The quantitative estimate of drug-likeness (QED) is 0.651. The molecule has 16 heavy (non-hydrogen) atoms. The molecule has 0 heterocycles. The Kier molecular flexibility index (Phi) is 3.75. The van der Waals surface area contributed by atoms with Gasteiger partial charge in [-0.2, -0.15) is 0 Å². The number of nitrogens with two attached hydrogens (primary N) is 1. The number of nitrogen functional groups attached to an aromatic ring is 1. The Morgan fingerprint density at radius 3 is 2.50 bits per heavy atom. The number of hydrogen-bond donors (Lipinski definition) is 1. The molecule has 2 aromatic carbocycles. The molecule has 0 saturated heterocycles. The summed E-state index contributed by atoms with van der Waals surface area (Å²) in [5.74, 6) is 0.931. The van der Waals surface area contributed by atoms with Crippen LogP contribution in [0.25, 0.3) is 0 Å². The summed E-state index contributed by atoms with van der Waals surface area (Å²) >= 11 is 7.69. The molecule has 0 aliphatic rings. The minimum absolute atomic E-state index is 0.780. The third-order valence-corrected chi connectivity index (χ3v) is 3.48. The van der Waals surface area contributed by atoms with Gasteiger partial charge in [0.15, 0.2) is 0 Å². The molecule has 0 fully saturated rings. The minimum Gasteiger partial charge on any atom is -0.399 e. The van der Waals surface area contributed by atoms with Crippen LogP contribution in [0.2, 0.25) is 5.02 Å². The number of hydrogen-bond acceptors (Lipinski definition) is 2. The van der Waals surface area contributed by atoms with Gasteiger partial charge in [-0.05, 0) is 35.9 Å². The Balaban J connectivity index is 1.99. The van der Waals surface area contributed by atoms with Crippen LogP contribution in [0.1, 0.15) is 5.56 Å². The van der Waals surface area contributed by atoms with Gasteiger partial charge in [0, 0.05) is 21.4 Å². The van der Waals surface area contributed by atoms with Gasteiger partial charge in [-0.25, -0.2) is 0 Å². The number of thioether (sulfide) groups is 1. The summed E-state index contributed by atoms with van der Waals surface area (Å²) in [7, 11) is 0. The van der Waals surface area contributed by atoms with Crippen molar-refractivity contribution in [2.24, 2.45) is 0 Å². The molecule has 0 bridgehead atoms. The molecule has 0 amide bonds. The summed E-state index contributed by atoms with van der Waals surface area (Å²) in [6.45, 7) is 0. The maximum atomic E-state index is 5.92. The highest BCUT2D eigenvalue weighted by Gasteiger charge is 1.97. The van der Waals surface area contributed by atoms with Gasteiger partial charge in [0.1, 0.15) is 0 Å².